The van der Waals surface area contributed by atoms with Gasteiger partial charge in [-0.15, -0.1) is 0 Å². The first kappa shape index (κ1) is 16.4. The Labute approximate surface area is 136 Å². The van der Waals surface area contributed by atoms with Crippen LogP contribution in [0.1, 0.15) is 46.0 Å². The van der Waals surface area contributed by atoms with E-state index in [0.717, 1.165) is 19.4 Å². The highest BCUT2D eigenvalue weighted by molar-refractivity contribution is 6.01. The van der Waals surface area contributed by atoms with E-state index >= 15 is 0 Å². The molecule has 0 N–H and O–H groups in total. The fourth-order valence-corrected chi connectivity index (χ4v) is 4.63. The molecule has 3 fully saturated rings. The quantitative estimate of drug-likeness (QED) is 0.574. The van der Waals surface area contributed by atoms with E-state index in [-0.39, 0.29) is 43.4 Å². The largest absolute Gasteiger partial charge is 0.465 e. The number of carbonyl (C=O) groups is 3. The second-order valence-electron chi connectivity index (χ2n) is 6.74. The molecule has 3 aliphatic rings. The Hall–Kier alpha value is -1.43. The molecule has 0 aromatic carbocycles. The van der Waals surface area contributed by atoms with Crippen LogP contribution in [0.25, 0.3) is 0 Å². The molecule has 6 heteroatoms. The number of nitrogens with zero attached hydrogens (tertiary/aromatic N) is 1. The van der Waals surface area contributed by atoms with Gasteiger partial charge >= 0.3 is 11.9 Å². The molecule has 128 valence electrons. The Kier molecular flexibility index (Phi) is 4.45. The Bertz CT molecular complexity index is 499. The Morgan fingerprint density at radius 3 is 2.43 bits per heavy atom. The lowest BCUT2D eigenvalue weighted by atomic mass is 9.67. The fourth-order valence-electron chi connectivity index (χ4n) is 4.63. The van der Waals surface area contributed by atoms with Crippen molar-refractivity contribution < 1.29 is 23.9 Å². The van der Waals surface area contributed by atoms with Crippen molar-refractivity contribution in [3.63, 3.8) is 0 Å². The van der Waals surface area contributed by atoms with Gasteiger partial charge in [-0.05, 0) is 52.5 Å². The molecule has 3 rings (SSSR count). The summed E-state index contributed by atoms with van der Waals surface area (Å²) < 4.78 is 10.3. The lowest BCUT2D eigenvalue weighted by Gasteiger charge is -2.39. The summed E-state index contributed by atoms with van der Waals surface area (Å²) in [4.78, 5) is 40.1. The van der Waals surface area contributed by atoms with E-state index in [1.807, 2.05) is 0 Å². The van der Waals surface area contributed by atoms with Crippen molar-refractivity contribution in [1.29, 1.82) is 0 Å². The van der Waals surface area contributed by atoms with Crippen LogP contribution in [0.5, 0.6) is 0 Å². The van der Waals surface area contributed by atoms with Gasteiger partial charge in [0.25, 0.3) is 0 Å². The van der Waals surface area contributed by atoms with Crippen LogP contribution < -0.4 is 0 Å². The number of ether oxygens (including phenoxy) is 2. The van der Waals surface area contributed by atoms with Crippen LogP contribution in [0.2, 0.25) is 0 Å². The third-order valence-corrected chi connectivity index (χ3v) is 5.65. The topological polar surface area (TPSA) is 72.9 Å². The first-order valence-corrected chi connectivity index (χ1v) is 8.69. The first-order valence-electron chi connectivity index (χ1n) is 8.69. The molecule has 2 aliphatic heterocycles. The molecule has 0 unspecified atom stereocenters. The molecule has 6 nitrogen and oxygen atoms in total. The second kappa shape index (κ2) is 6.23. The molecular weight excluding hydrogens is 298 g/mol. The average molecular weight is 323 g/mol. The van der Waals surface area contributed by atoms with Crippen molar-refractivity contribution in [3.8, 4) is 0 Å². The van der Waals surface area contributed by atoms with E-state index < -0.39 is 17.4 Å². The molecule has 1 aliphatic carbocycles. The lowest BCUT2D eigenvalue weighted by molar-refractivity contribution is -0.176. The summed E-state index contributed by atoms with van der Waals surface area (Å²) in [6.45, 7) is 4.83. The molecule has 2 saturated heterocycles. The second-order valence-corrected chi connectivity index (χ2v) is 6.74. The average Bonchev–Trinajstić information content (AvgIpc) is 3.11. The maximum atomic E-state index is 12.7. The van der Waals surface area contributed by atoms with Gasteiger partial charge in [-0.25, -0.2) is 0 Å². The number of carbonyl (C=O) groups excluding carboxylic acids is 3. The molecule has 0 amide bonds. The molecular formula is C17H25NO5. The van der Waals surface area contributed by atoms with Gasteiger partial charge in [-0.2, -0.15) is 0 Å². The molecule has 2 heterocycles. The Balaban J connectivity index is 1.87. The summed E-state index contributed by atoms with van der Waals surface area (Å²) >= 11 is 0. The highest BCUT2D eigenvalue weighted by Gasteiger charge is 2.60. The number of hydrogen-bond acceptors (Lipinski definition) is 6. The third-order valence-electron chi connectivity index (χ3n) is 5.65. The highest BCUT2D eigenvalue weighted by atomic mass is 16.6. The van der Waals surface area contributed by atoms with Crippen LogP contribution in [0.3, 0.4) is 0 Å². The highest BCUT2D eigenvalue weighted by Crippen LogP contribution is 2.49. The van der Waals surface area contributed by atoms with E-state index in [0.29, 0.717) is 12.8 Å². The van der Waals surface area contributed by atoms with Gasteiger partial charge in [0.2, 0.25) is 0 Å². The standard InChI is InChI=1S/C17H25NO5/c1-3-22-15(20)17(16(21)23-4-2)8-7-12-11(10-17)14(19)13-6-5-9-18(12)13/h11-13H,3-10H2,1-2H3/t11-,12-,13-/m1/s1. The smallest absolute Gasteiger partial charge is 0.323 e. The maximum Gasteiger partial charge on any atom is 0.323 e. The SMILES string of the molecule is CCOC(=O)C1(C(=O)OCC)CC[C@@H]2[C@@H](C1)C(=O)[C@H]1CCCN12. The van der Waals surface area contributed by atoms with Gasteiger partial charge < -0.3 is 9.47 Å². The van der Waals surface area contributed by atoms with E-state index in [1.165, 1.54) is 0 Å². The predicted molar refractivity (Wildman–Crippen MR) is 81.6 cm³/mol. The summed E-state index contributed by atoms with van der Waals surface area (Å²) in [5.41, 5.74) is -1.30. The lowest BCUT2D eigenvalue weighted by Crippen LogP contribution is -2.50. The van der Waals surface area contributed by atoms with Crippen LogP contribution in [-0.2, 0) is 23.9 Å². The van der Waals surface area contributed by atoms with Gasteiger partial charge in [-0.3, -0.25) is 19.3 Å². The van der Waals surface area contributed by atoms with Crippen molar-refractivity contribution in [2.45, 2.75) is 58.0 Å². The van der Waals surface area contributed by atoms with E-state index in [9.17, 15) is 14.4 Å². The molecule has 1 saturated carbocycles. The van der Waals surface area contributed by atoms with Crippen LogP contribution in [-0.4, -0.2) is 54.5 Å². The molecule has 0 aromatic rings. The van der Waals surface area contributed by atoms with Crippen molar-refractivity contribution in [3.05, 3.63) is 0 Å². The maximum absolute atomic E-state index is 12.7. The van der Waals surface area contributed by atoms with E-state index in [1.54, 1.807) is 13.8 Å². The zero-order chi connectivity index (χ0) is 16.6. The zero-order valence-corrected chi connectivity index (χ0v) is 13.9. The van der Waals surface area contributed by atoms with Gasteiger partial charge in [0.15, 0.2) is 11.2 Å². The van der Waals surface area contributed by atoms with Crippen LogP contribution in [0, 0.1) is 11.3 Å². The molecule has 3 atom stereocenters. The number of hydrogen-bond donors (Lipinski definition) is 0. The minimum Gasteiger partial charge on any atom is -0.465 e. The van der Waals surface area contributed by atoms with Crippen molar-refractivity contribution >= 4 is 17.7 Å². The van der Waals surface area contributed by atoms with Crippen LogP contribution in [0.15, 0.2) is 0 Å². The fraction of sp³-hybridized carbons (Fsp3) is 0.824. The van der Waals surface area contributed by atoms with E-state index in [4.69, 9.17) is 9.47 Å². The number of ketones is 1. The zero-order valence-electron chi connectivity index (χ0n) is 13.9. The van der Waals surface area contributed by atoms with Crippen LogP contribution >= 0.6 is 0 Å². The number of rotatable bonds is 4. The minimum atomic E-state index is -1.30. The van der Waals surface area contributed by atoms with Gasteiger partial charge in [-0.1, -0.05) is 0 Å². The van der Waals surface area contributed by atoms with Gasteiger partial charge in [0.1, 0.15) is 0 Å². The summed E-state index contributed by atoms with van der Waals surface area (Å²) in [7, 11) is 0. The summed E-state index contributed by atoms with van der Waals surface area (Å²) in [6.07, 6.45) is 3.27. The first-order chi connectivity index (χ1) is 11.0. The Morgan fingerprint density at radius 2 is 1.83 bits per heavy atom. The molecule has 0 spiro atoms. The normalized spacial score (nSPS) is 32.3. The van der Waals surface area contributed by atoms with Crippen molar-refractivity contribution in [2.24, 2.45) is 11.3 Å². The predicted octanol–water partition coefficient (Wildman–Crippen LogP) is 1.31. The molecule has 23 heavy (non-hydrogen) atoms. The monoisotopic (exact) mass is 323 g/mol. The summed E-state index contributed by atoms with van der Waals surface area (Å²) in [5.74, 6) is -1.11. The van der Waals surface area contributed by atoms with Gasteiger partial charge in [0, 0.05) is 12.0 Å². The summed E-state index contributed by atoms with van der Waals surface area (Å²) in [6, 6.07) is 0.164. The van der Waals surface area contributed by atoms with Crippen molar-refractivity contribution in [1.82, 2.24) is 4.90 Å². The van der Waals surface area contributed by atoms with Gasteiger partial charge in [0.05, 0.1) is 19.3 Å². The molecule has 0 radical (unpaired) electrons. The molecule has 0 bridgehead atoms. The summed E-state index contributed by atoms with van der Waals surface area (Å²) in [5, 5.41) is 0. The van der Waals surface area contributed by atoms with Crippen LogP contribution in [0.4, 0.5) is 0 Å². The van der Waals surface area contributed by atoms with Crippen molar-refractivity contribution in [2.75, 3.05) is 19.8 Å². The molecule has 0 aromatic heterocycles. The Morgan fingerprint density at radius 1 is 1.17 bits per heavy atom. The van der Waals surface area contributed by atoms with E-state index in [2.05, 4.69) is 4.90 Å². The number of esters is 2. The minimum absolute atomic E-state index is 0.00908. The third kappa shape index (κ3) is 2.47. The number of Topliss-reactive ketones (excluding diaryl/α,β-unsaturated/α-hetero) is 1. The number of fused-ring (bicyclic) bond motifs is 3.